The van der Waals surface area contributed by atoms with Crippen LogP contribution < -0.4 is 5.32 Å². The zero-order valence-electron chi connectivity index (χ0n) is 10.9. The van der Waals surface area contributed by atoms with E-state index in [0.717, 1.165) is 18.8 Å². The molecule has 0 radical (unpaired) electrons. The highest BCUT2D eigenvalue weighted by atomic mass is 15.0. The highest BCUT2D eigenvalue weighted by molar-refractivity contribution is 5.06. The van der Waals surface area contributed by atoms with Gasteiger partial charge in [0.1, 0.15) is 5.82 Å². The predicted octanol–water partition coefficient (Wildman–Crippen LogP) is 2.88. The van der Waals surface area contributed by atoms with Gasteiger partial charge in [0.15, 0.2) is 0 Å². The van der Waals surface area contributed by atoms with Crippen LogP contribution in [-0.2, 0) is 6.42 Å². The minimum Gasteiger partial charge on any atom is -0.307 e. The molecular formula is C14H23N3. The van der Waals surface area contributed by atoms with Crippen LogP contribution in [0.3, 0.4) is 0 Å². The fraction of sp³-hybridized carbons (Fsp3) is 0.714. The van der Waals surface area contributed by atoms with Gasteiger partial charge in [-0.15, -0.1) is 0 Å². The molecule has 0 spiro atoms. The second kappa shape index (κ2) is 6.10. The molecule has 1 aliphatic heterocycles. The standard InChI is InChI=1S/C14H23N3/c1-11(2)10-12-7-9-16-14(17-12)13-6-4-3-5-8-15-13/h7,9,11,13,15H,3-6,8,10H2,1-2H3. The third kappa shape index (κ3) is 3.77. The van der Waals surface area contributed by atoms with E-state index in [0.29, 0.717) is 12.0 Å². The number of hydrogen-bond acceptors (Lipinski definition) is 3. The topological polar surface area (TPSA) is 37.8 Å². The molecule has 3 nitrogen and oxygen atoms in total. The molecule has 1 aromatic rings. The van der Waals surface area contributed by atoms with Crippen LogP contribution in [0.1, 0.15) is 57.1 Å². The molecule has 0 aliphatic carbocycles. The smallest absolute Gasteiger partial charge is 0.145 e. The molecule has 1 saturated heterocycles. The van der Waals surface area contributed by atoms with Crippen molar-refractivity contribution >= 4 is 0 Å². The van der Waals surface area contributed by atoms with Gasteiger partial charge >= 0.3 is 0 Å². The van der Waals surface area contributed by atoms with Gasteiger partial charge in [0.2, 0.25) is 0 Å². The van der Waals surface area contributed by atoms with Crippen LogP contribution in [0.15, 0.2) is 12.3 Å². The van der Waals surface area contributed by atoms with Crippen molar-refractivity contribution in [2.75, 3.05) is 6.54 Å². The number of rotatable bonds is 3. The van der Waals surface area contributed by atoms with Gasteiger partial charge in [-0.25, -0.2) is 9.97 Å². The van der Waals surface area contributed by atoms with Crippen molar-refractivity contribution in [3.8, 4) is 0 Å². The van der Waals surface area contributed by atoms with Gasteiger partial charge < -0.3 is 5.32 Å². The van der Waals surface area contributed by atoms with E-state index in [1.165, 1.54) is 31.4 Å². The molecule has 1 fully saturated rings. The molecule has 0 aromatic carbocycles. The molecule has 1 unspecified atom stereocenters. The van der Waals surface area contributed by atoms with E-state index in [1.807, 2.05) is 12.3 Å². The van der Waals surface area contributed by atoms with E-state index in [1.54, 1.807) is 0 Å². The van der Waals surface area contributed by atoms with Gasteiger partial charge in [-0.2, -0.15) is 0 Å². The highest BCUT2D eigenvalue weighted by Gasteiger charge is 2.16. The average molecular weight is 233 g/mol. The quantitative estimate of drug-likeness (QED) is 0.872. The van der Waals surface area contributed by atoms with Gasteiger partial charge in [0.05, 0.1) is 6.04 Å². The molecule has 1 aromatic heterocycles. The third-order valence-electron chi connectivity index (χ3n) is 3.22. The van der Waals surface area contributed by atoms with Crippen molar-refractivity contribution in [2.45, 2.75) is 52.0 Å². The van der Waals surface area contributed by atoms with Gasteiger partial charge in [-0.05, 0) is 37.8 Å². The number of nitrogens with zero attached hydrogens (tertiary/aromatic N) is 2. The first-order valence-corrected chi connectivity index (χ1v) is 6.81. The number of hydrogen-bond donors (Lipinski definition) is 1. The Morgan fingerprint density at radius 3 is 3.06 bits per heavy atom. The van der Waals surface area contributed by atoms with E-state index >= 15 is 0 Å². The summed E-state index contributed by atoms with van der Waals surface area (Å²) in [7, 11) is 0. The SMILES string of the molecule is CC(C)Cc1ccnc(C2CCCCCN2)n1. The Morgan fingerprint density at radius 1 is 1.35 bits per heavy atom. The number of aromatic nitrogens is 2. The van der Waals surface area contributed by atoms with Gasteiger partial charge in [0, 0.05) is 11.9 Å². The first-order chi connectivity index (χ1) is 8.25. The molecule has 17 heavy (non-hydrogen) atoms. The van der Waals surface area contributed by atoms with Crippen LogP contribution in [0.4, 0.5) is 0 Å². The van der Waals surface area contributed by atoms with E-state index in [2.05, 4.69) is 24.1 Å². The summed E-state index contributed by atoms with van der Waals surface area (Å²) in [5, 5.41) is 3.55. The molecule has 1 atom stereocenters. The summed E-state index contributed by atoms with van der Waals surface area (Å²) in [5.41, 5.74) is 1.18. The van der Waals surface area contributed by atoms with Crippen molar-refractivity contribution in [1.82, 2.24) is 15.3 Å². The Morgan fingerprint density at radius 2 is 2.24 bits per heavy atom. The zero-order valence-corrected chi connectivity index (χ0v) is 10.9. The first kappa shape index (κ1) is 12.5. The zero-order chi connectivity index (χ0) is 12.1. The summed E-state index contributed by atoms with van der Waals surface area (Å²) in [6.45, 7) is 5.56. The monoisotopic (exact) mass is 233 g/mol. The van der Waals surface area contributed by atoms with Gasteiger partial charge in [-0.3, -0.25) is 0 Å². The molecular weight excluding hydrogens is 210 g/mol. The second-order valence-corrected chi connectivity index (χ2v) is 5.36. The van der Waals surface area contributed by atoms with Crippen molar-refractivity contribution in [3.63, 3.8) is 0 Å². The molecule has 0 bridgehead atoms. The molecule has 0 saturated carbocycles. The number of nitrogens with one attached hydrogen (secondary N) is 1. The lowest BCUT2D eigenvalue weighted by atomic mass is 10.1. The minimum atomic E-state index is 0.365. The molecule has 2 rings (SSSR count). The molecule has 1 N–H and O–H groups in total. The Balaban J connectivity index is 2.08. The maximum Gasteiger partial charge on any atom is 0.145 e. The van der Waals surface area contributed by atoms with Crippen LogP contribution in [0.2, 0.25) is 0 Å². The maximum absolute atomic E-state index is 4.70. The van der Waals surface area contributed by atoms with E-state index in [-0.39, 0.29) is 0 Å². The summed E-state index contributed by atoms with van der Waals surface area (Å²) >= 11 is 0. The first-order valence-electron chi connectivity index (χ1n) is 6.81. The van der Waals surface area contributed by atoms with Crippen LogP contribution in [0, 0.1) is 5.92 Å². The van der Waals surface area contributed by atoms with Crippen molar-refractivity contribution < 1.29 is 0 Å². The summed E-state index contributed by atoms with van der Waals surface area (Å²) in [6.07, 6.45) is 8.02. The molecule has 1 aliphatic rings. The van der Waals surface area contributed by atoms with Crippen molar-refractivity contribution in [3.05, 3.63) is 23.8 Å². The van der Waals surface area contributed by atoms with E-state index < -0.39 is 0 Å². The maximum atomic E-state index is 4.70. The Labute approximate surface area is 104 Å². The predicted molar refractivity (Wildman–Crippen MR) is 69.8 cm³/mol. The fourth-order valence-electron chi connectivity index (χ4n) is 2.36. The van der Waals surface area contributed by atoms with Crippen LogP contribution in [0.25, 0.3) is 0 Å². The lowest BCUT2D eigenvalue weighted by Crippen LogP contribution is -2.22. The van der Waals surface area contributed by atoms with Crippen molar-refractivity contribution in [2.24, 2.45) is 5.92 Å². The fourth-order valence-corrected chi connectivity index (χ4v) is 2.36. The summed E-state index contributed by atoms with van der Waals surface area (Å²) in [4.78, 5) is 9.14. The van der Waals surface area contributed by atoms with E-state index in [9.17, 15) is 0 Å². The second-order valence-electron chi connectivity index (χ2n) is 5.36. The van der Waals surface area contributed by atoms with Crippen molar-refractivity contribution in [1.29, 1.82) is 0 Å². The van der Waals surface area contributed by atoms with E-state index in [4.69, 9.17) is 4.98 Å². The largest absolute Gasteiger partial charge is 0.307 e. The third-order valence-corrected chi connectivity index (χ3v) is 3.22. The lowest BCUT2D eigenvalue weighted by molar-refractivity contribution is 0.502. The Kier molecular flexibility index (Phi) is 4.49. The van der Waals surface area contributed by atoms with Gasteiger partial charge in [0.25, 0.3) is 0 Å². The lowest BCUT2D eigenvalue weighted by Gasteiger charge is -2.15. The normalized spacial score (nSPS) is 21.5. The summed E-state index contributed by atoms with van der Waals surface area (Å²) < 4.78 is 0. The van der Waals surface area contributed by atoms with Crippen LogP contribution in [0.5, 0.6) is 0 Å². The molecule has 94 valence electrons. The molecule has 0 amide bonds. The highest BCUT2D eigenvalue weighted by Crippen LogP contribution is 2.20. The Bertz CT molecular complexity index is 341. The summed E-state index contributed by atoms with van der Waals surface area (Å²) in [5.74, 6) is 1.64. The van der Waals surface area contributed by atoms with Gasteiger partial charge in [-0.1, -0.05) is 26.7 Å². The summed E-state index contributed by atoms with van der Waals surface area (Å²) in [6, 6.07) is 2.41. The average Bonchev–Trinajstić information content (AvgIpc) is 2.57. The molecule has 3 heteroatoms. The minimum absolute atomic E-state index is 0.365. The molecule has 2 heterocycles. The Hall–Kier alpha value is -0.960. The van der Waals surface area contributed by atoms with Crippen LogP contribution >= 0.6 is 0 Å². The van der Waals surface area contributed by atoms with Crippen LogP contribution in [-0.4, -0.2) is 16.5 Å².